The van der Waals surface area contributed by atoms with Crippen LogP contribution in [0.3, 0.4) is 0 Å². The third-order valence-corrected chi connectivity index (χ3v) is 3.99. The molecule has 1 aromatic carbocycles. The molecular weight excluding hydrogens is 238 g/mol. The highest BCUT2D eigenvalue weighted by Gasteiger charge is 2.28. The first kappa shape index (κ1) is 12.2. The molecule has 1 heterocycles. The van der Waals surface area contributed by atoms with Crippen molar-refractivity contribution in [2.24, 2.45) is 0 Å². The molecule has 2 N–H and O–H groups in total. The summed E-state index contributed by atoms with van der Waals surface area (Å²) in [7, 11) is 1.99. The normalized spacial score (nSPS) is 22.8. The van der Waals surface area contributed by atoms with E-state index >= 15 is 0 Å². The maximum atomic E-state index is 10.1. The second kappa shape index (κ2) is 5.05. The second-order valence-corrected chi connectivity index (χ2v) is 5.11. The summed E-state index contributed by atoms with van der Waals surface area (Å²) in [5, 5.41) is 17.7. The molecule has 0 radical (unpaired) electrons. The lowest BCUT2D eigenvalue weighted by molar-refractivity contribution is 0.365. The fraction of sp³-hybridized carbons (Fsp3) is 0.400. The molecule has 1 aliphatic rings. The van der Waals surface area contributed by atoms with Crippen molar-refractivity contribution < 1.29 is 5.11 Å². The van der Waals surface area contributed by atoms with Crippen molar-refractivity contribution >= 4 is 0 Å². The van der Waals surface area contributed by atoms with Crippen LogP contribution in [0.1, 0.15) is 25.3 Å². The molecule has 100 valence electrons. The van der Waals surface area contributed by atoms with Crippen molar-refractivity contribution in [1.82, 2.24) is 15.1 Å². The van der Waals surface area contributed by atoms with Gasteiger partial charge in [0, 0.05) is 12.2 Å². The highest BCUT2D eigenvalue weighted by atomic mass is 16.3. The van der Waals surface area contributed by atoms with Crippen molar-refractivity contribution in [2.75, 3.05) is 7.05 Å². The largest absolute Gasteiger partial charge is 0.492 e. The van der Waals surface area contributed by atoms with E-state index in [0.717, 1.165) is 17.5 Å². The zero-order chi connectivity index (χ0) is 13.2. The summed E-state index contributed by atoms with van der Waals surface area (Å²) >= 11 is 0. The number of aromatic hydroxyl groups is 1. The van der Waals surface area contributed by atoms with Gasteiger partial charge in [-0.05, 0) is 31.9 Å². The van der Waals surface area contributed by atoms with E-state index in [-0.39, 0.29) is 5.88 Å². The molecule has 1 aromatic heterocycles. The molecule has 4 nitrogen and oxygen atoms in total. The number of aromatic nitrogens is 2. The summed E-state index contributed by atoms with van der Waals surface area (Å²) in [6.07, 6.45) is 5.45. The molecular formula is C15H19N3O. The lowest BCUT2D eigenvalue weighted by Crippen LogP contribution is -2.31. The maximum Gasteiger partial charge on any atom is 0.238 e. The van der Waals surface area contributed by atoms with E-state index in [1.165, 1.54) is 12.8 Å². The van der Waals surface area contributed by atoms with E-state index in [1.54, 1.807) is 0 Å². The third kappa shape index (κ3) is 2.24. The minimum atomic E-state index is 0.118. The molecule has 2 atom stereocenters. The molecule has 1 saturated carbocycles. The number of nitrogens with zero attached hydrogens (tertiary/aromatic N) is 2. The molecule has 0 bridgehead atoms. The van der Waals surface area contributed by atoms with Crippen molar-refractivity contribution in [3.63, 3.8) is 0 Å². The van der Waals surface area contributed by atoms with Gasteiger partial charge < -0.3 is 10.4 Å². The van der Waals surface area contributed by atoms with Crippen molar-refractivity contribution in [2.45, 2.75) is 31.3 Å². The summed E-state index contributed by atoms with van der Waals surface area (Å²) in [6.45, 7) is 0. The molecule has 0 saturated heterocycles. The van der Waals surface area contributed by atoms with Gasteiger partial charge in [-0.15, -0.1) is 5.10 Å². The van der Waals surface area contributed by atoms with E-state index < -0.39 is 0 Å². The van der Waals surface area contributed by atoms with E-state index in [9.17, 15) is 5.11 Å². The first-order valence-corrected chi connectivity index (χ1v) is 6.80. The smallest absolute Gasteiger partial charge is 0.238 e. The molecule has 3 rings (SSSR count). The minimum absolute atomic E-state index is 0.118. The van der Waals surface area contributed by atoms with Crippen molar-refractivity contribution in [3.05, 3.63) is 36.5 Å². The van der Waals surface area contributed by atoms with Crippen molar-refractivity contribution in [1.29, 1.82) is 0 Å². The molecule has 4 heteroatoms. The van der Waals surface area contributed by atoms with Gasteiger partial charge >= 0.3 is 0 Å². The third-order valence-electron chi connectivity index (χ3n) is 3.99. The van der Waals surface area contributed by atoms with Gasteiger partial charge in [0.05, 0.1) is 11.6 Å². The predicted molar refractivity (Wildman–Crippen MR) is 75.1 cm³/mol. The SMILES string of the molecule is CNC1CCCC1n1cc(-c2ccccc2)c(O)n1. The Labute approximate surface area is 113 Å². The van der Waals surface area contributed by atoms with E-state index in [0.29, 0.717) is 12.1 Å². The summed E-state index contributed by atoms with van der Waals surface area (Å²) in [5.74, 6) is 0.118. The van der Waals surface area contributed by atoms with Crippen LogP contribution >= 0.6 is 0 Å². The lowest BCUT2D eigenvalue weighted by atomic mass is 10.1. The predicted octanol–water partition coefficient (Wildman–Crippen LogP) is 2.57. The van der Waals surface area contributed by atoms with E-state index in [4.69, 9.17) is 0 Å². The lowest BCUT2D eigenvalue weighted by Gasteiger charge is -2.18. The number of hydrogen-bond donors (Lipinski definition) is 2. The Morgan fingerprint density at radius 3 is 2.79 bits per heavy atom. The highest BCUT2D eigenvalue weighted by molar-refractivity contribution is 5.67. The van der Waals surface area contributed by atoms with Gasteiger partial charge in [0.1, 0.15) is 0 Å². The van der Waals surface area contributed by atoms with Gasteiger partial charge in [-0.1, -0.05) is 30.3 Å². The minimum Gasteiger partial charge on any atom is -0.492 e. The molecule has 1 fully saturated rings. The number of benzene rings is 1. The average molecular weight is 257 g/mol. The van der Waals surface area contributed by atoms with Gasteiger partial charge in [-0.3, -0.25) is 4.68 Å². The van der Waals surface area contributed by atoms with Crippen LogP contribution in [0, 0.1) is 0 Å². The highest BCUT2D eigenvalue weighted by Crippen LogP contribution is 2.34. The van der Waals surface area contributed by atoms with Crippen LogP contribution in [0.25, 0.3) is 11.1 Å². The fourth-order valence-electron chi connectivity index (χ4n) is 2.97. The molecule has 0 aliphatic heterocycles. The summed E-state index contributed by atoms with van der Waals surface area (Å²) in [5.41, 5.74) is 1.81. The Bertz CT molecular complexity index is 550. The van der Waals surface area contributed by atoms with Crippen LogP contribution in [0.15, 0.2) is 36.5 Å². The van der Waals surface area contributed by atoms with Gasteiger partial charge in [0.2, 0.25) is 5.88 Å². The van der Waals surface area contributed by atoms with Crippen LogP contribution < -0.4 is 5.32 Å². The second-order valence-electron chi connectivity index (χ2n) is 5.11. The van der Waals surface area contributed by atoms with Crippen LogP contribution in [0.2, 0.25) is 0 Å². The van der Waals surface area contributed by atoms with Crippen LogP contribution in [0.5, 0.6) is 5.88 Å². The van der Waals surface area contributed by atoms with Crippen LogP contribution in [0.4, 0.5) is 0 Å². The molecule has 0 spiro atoms. The van der Waals surface area contributed by atoms with Gasteiger partial charge in [0.15, 0.2) is 0 Å². The zero-order valence-corrected chi connectivity index (χ0v) is 11.1. The van der Waals surface area contributed by atoms with Crippen LogP contribution in [-0.4, -0.2) is 28.0 Å². The first-order chi connectivity index (χ1) is 9.29. The Hall–Kier alpha value is -1.81. The standard InChI is InChI=1S/C15H19N3O/c1-16-13-8-5-9-14(13)18-10-12(15(19)17-18)11-6-3-2-4-7-11/h2-4,6-7,10,13-14,16H,5,8-9H2,1H3,(H,17,19). The average Bonchev–Trinajstić information content (AvgIpc) is 3.05. The maximum absolute atomic E-state index is 10.1. The first-order valence-electron chi connectivity index (χ1n) is 6.80. The number of rotatable bonds is 3. The Morgan fingerprint density at radius 2 is 2.05 bits per heavy atom. The molecule has 0 amide bonds. The van der Waals surface area contributed by atoms with Crippen molar-refractivity contribution in [3.8, 4) is 17.0 Å². The van der Waals surface area contributed by atoms with Crippen LogP contribution in [-0.2, 0) is 0 Å². The molecule has 19 heavy (non-hydrogen) atoms. The summed E-state index contributed by atoms with van der Waals surface area (Å²) < 4.78 is 1.92. The molecule has 2 unspecified atom stereocenters. The topological polar surface area (TPSA) is 50.1 Å². The number of nitrogens with one attached hydrogen (secondary N) is 1. The molecule has 2 aromatic rings. The number of hydrogen-bond acceptors (Lipinski definition) is 3. The Morgan fingerprint density at radius 1 is 1.26 bits per heavy atom. The zero-order valence-electron chi connectivity index (χ0n) is 11.1. The van der Waals surface area contributed by atoms with Gasteiger partial charge in [0.25, 0.3) is 0 Å². The number of likely N-dealkylation sites (N-methyl/N-ethyl adjacent to an activating group) is 1. The monoisotopic (exact) mass is 257 g/mol. The summed E-state index contributed by atoms with van der Waals surface area (Å²) in [6, 6.07) is 10.7. The summed E-state index contributed by atoms with van der Waals surface area (Å²) in [4.78, 5) is 0. The van der Waals surface area contributed by atoms with E-state index in [1.807, 2.05) is 48.3 Å². The quantitative estimate of drug-likeness (QED) is 0.888. The fourth-order valence-corrected chi connectivity index (χ4v) is 2.97. The van der Waals surface area contributed by atoms with E-state index in [2.05, 4.69) is 10.4 Å². The molecule has 1 aliphatic carbocycles. The van der Waals surface area contributed by atoms with Gasteiger partial charge in [-0.25, -0.2) is 0 Å². The van der Waals surface area contributed by atoms with Gasteiger partial charge in [-0.2, -0.15) is 0 Å². The Balaban J connectivity index is 1.93. The Kier molecular flexibility index (Phi) is 3.25.